The maximum atomic E-state index is 3.98. The molecule has 0 amide bonds. The van der Waals surface area contributed by atoms with Crippen molar-refractivity contribution in [2.75, 3.05) is 6.54 Å². The van der Waals surface area contributed by atoms with Crippen molar-refractivity contribution in [2.24, 2.45) is 11.8 Å². The van der Waals surface area contributed by atoms with Gasteiger partial charge in [-0.05, 0) is 25.7 Å². The first-order chi connectivity index (χ1) is 4.63. The van der Waals surface area contributed by atoms with E-state index in [9.17, 15) is 0 Å². The maximum Gasteiger partial charge on any atom is 0.00708 e. The molecule has 10 heavy (non-hydrogen) atoms. The van der Waals surface area contributed by atoms with Crippen LogP contribution < -0.4 is 5.32 Å². The molecule has 0 aromatic heterocycles. The minimum atomic E-state index is 0.668. The van der Waals surface area contributed by atoms with E-state index in [1.807, 2.05) is 0 Å². The highest BCUT2D eigenvalue weighted by atomic mass is 15.0. The van der Waals surface area contributed by atoms with Gasteiger partial charge in [-0.3, -0.25) is 0 Å². The van der Waals surface area contributed by atoms with Gasteiger partial charge >= 0.3 is 0 Å². The molecule has 1 saturated heterocycles. The third-order valence-electron chi connectivity index (χ3n) is 2.72. The smallest absolute Gasteiger partial charge is 0.00708 e. The molecule has 0 spiro atoms. The summed E-state index contributed by atoms with van der Waals surface area (Å²) in [7, 11) is 0. The highest BCUT2D eigenvalue weighted by Crippen LogP contribution is 2.26. The largest absolute Gasteiger partial charge is 0.313 e. The predicted octanol–water partition coefficient (Wildman–Crippen LogP) is 1.81. The first-order valence-electron chi connectivity index (χ1n) is 4.01. The van der Waals surface area contributed by atoms with Gasteiger partial charge in [0.15, 0.2) is 0 Å². The third-order valence-corrected chi connectivity index (χ3v) is 2.72. The Labute approximate surface area is 63.5 Å². The van der Waals surface area contributed by atoms with Crippen molar-refractivity contribution < 1.29 is 0 Å². The zero-order valence-electron chi connectivity index (χ0n) is 7.15. The number of hydrogen-bond donors (Lipinski definition) is 1. The van der Waals surface area contributed by atoms with Gasteiger partial charge in [0.2, 0.25) is 0 Å². The zero-order valence-corrected chi connectivity index (χ0v) is 7.15. The Hall–Kier alpha value is -0.300. The fourth-order valence-corrected chi connectivity index (χ4v) is 1.66. The van der Waals surface area contributed by atoms with Crippen LogP contribution in [0, 0.1) is 11.8 Å². The molecule has 3 atom stereocenters. The quantitative estimate of drug-likeness (QED) is 0.546. The lowest BCUT2D eigenvalue weighted by Gasteiger charge is -2.16. The van der Waals surface area contributed by atoms with Gasteiger partial charge in [0.25, 0.3) is 0 Å². The van der Waals surface area contributed by atoms with Crippen molar-refractivity contribution in [1.29, 1.82) is 0 Å². The Morgan fingerprint density at radius 2 is 2.10 bits per heavy atom. The number of rotatable bonds is 1. The zero-order chi connectivity index (χ0) is 7.72. The summed E-state index contributed by atoms with van der Waals surface area (Å²) in [4.78, 5) is 0. The molecular formula is C9H17N. The molecule has 1 N–H and O–H groups in total. The topological polar surface area (TPSA) is 12.0 Å². The Balaban J connectivity index is 2.57. The van der Waals surface area contributed by atoms with Crippen molar-refractivity contribution in [1.82, 2.24) is 5.32 Å². The van der Waals surface area contributed by atoms with E-state index < -0.39 is 0 Å². The number of nitrogens with one attached hydrogen (secondary N) is 1. The average Bonchev–Trinajstić information content (AvgIpc) is 2.14. The van der Waals surface area contributed by atoms with Gasteiger partial charge < -0.3 is 5.32 Å². The minimum absolute atomic E-state index is 0.668. The van der Waals surface area contributed by atoms with Crippen LogP contribution in [0.5, 0.6) is 0 Å². The lowest BCUT2D eigenvalue weighted by atomic mass is 9.89. The molecule has 0 unspecified atom stereocenters. The summed E-state index contributed by atoms with van der Waals surface area (Å²) in [6.45, 7) is 11.8. The normalized spacial score (nSPS) is 40.1. The monoisotopic (exact) mass is 139 g/mol. The molecule has 1 nitrogen and oxygen atoms in total. The lowest BCUT2D eigenvalue weighted by molar-refractivity contribution is 0.452. The van der Waals surface area contributed by atoms with Crippen LogP contribution in [-0.2, 0) is 0 Å². The second-order valence-electron chi connectivity index (χ2n) is 3.51. The van der Waals surface area contributed by atoms with Crippen LogP contribution in [-0.4, -0.2) is 12.6 Å². The average molecular weight is 139 g/mol. The standard InChI is InChI=1S/C9H17N/c1-6(2)9-5-10-8(4)7(9)3/h7-10H,1,5H2,2-4H3/t7-,8-,9-/m0/s1. The summed E-state index contributed by atoms with van der Waals surface area (Å²) in [6, 6.07) is 0.668. The van der Waals surface area contributed by atoms with Gasteiger partial charge in [0.1, 0.15) is 0 Å². The van der Waals surface area contributed by atoms with E-state index in [1.165, 1.54) is 5.57 Å². The summed E-state index contributed by atoms with van der Waals surface area (Å²) < 4.78 is 0. The van der Waals surface area contributed by atoms with Crippen LogP contribution in [0.1, 0.15) is 20.8 Å². The van der Waals surface area contributed by atoms with E-state index in [4.69, 9.17) is 0 Å². The van der Waals surface area contributed by atoms with E-state index in [0.29, 0.717) is 12.0 Å². The molecule has 1 fully saturated rings. The molecule has 0 bridgehead atoms. The van der Waals surface area contributed by atoms with Gasteiger partial charge in [-0.25, -0.2) is 0 Å². The molecule has 1 aliphatic rings. The Kier molecular flexibility index (Phi) is 2.14. The predicted molar refractivity (Wildman–Crippen MR) is 44.9 cm³/mol. The van der Waals surface area contributed by atoms with Gasteiger partial charge in [-0.2, -0.15) is 0 Å². The molecule has 0 aromatic carbocycles. The Bertz CT molecular complexity index is 140. The highest BCUT2D eigenvalue weighted by molar-refractivity contribution is 5.04. The summed E-state index contributed by atoms with van der Waals surface area (Å²) >= 11 is 0. The van der Waals surface area contributed by atoms with E-state index in [2.05, 4.69) is 32.7 Å². The fraction of sp³-hybridized carbons (Fsp3) is 0.778. The SMILES string of the molecule is C=C(C)[C@@H]1CN[C@@H](C)[C@@H]1C. The molecule has 0 aromatic rings. The van der Waals surface area contributed by atoms with Gasteiger partial charge in [-0.1, -0.05) is 19.1 Å². The lowest BCUT2D eigenvalue weighted by Crippen LogP contribution is -2.21. The summed E-state index contributed by atoms with van der Waals surface area (Å²) in [5.41, 5.74) is 1.32. The first-order valence-corrected chi connectivity index (χ1v) is 4.01. The van der Waals surface area contributed by atoms with E-state index >= 15 is 0 Å². The first kappa shape index (κ1) is 7.80. The molecular weight excluding hydrogens is 122 g/mol. The van der Waals surface area contributed by atoms with Gasteiger partial charge in [-0.15, -0.1) is 0 Å². The molecule has 1 rings (SSSR count). The molecule has 1 heteroatoms. The van der Waals surface area contributed by atoms with Crippen molar-refractivity contribution in [3.8, 4) is 0 Å². The third kappa shape index (κ3) is 1.24. The summed E-state index contributed by atoms with van der Waals surface area (Å²) in [5.74, 6) is 1.47. The van der Waals surface area contributed by atoms with Crippen LogP contribution >= 0.6 is 0 Å². The van der Waals surface area contributed by atoms with E-state index in [0.717, 1.165) is 12.5 Å². The fourth-order valence-electron chi connectivity index (χ4n) is 1.66. The second kappa shape index (κ2) is 2.75. The summed E-state index contributed by atoms with van der Waals surface area (Å²) in [5, 5.41) is 3.44. The van der Waals surface area contributed by atoms with Crippen LogP contribution in [0.25, 0.3) is 0 Å². The van der Waals surface area contributed by atoms with Crippen molar-refractivity contribution in [3.05, 3.63) is 12.2 Å². The van der Waals surface area contributed by atoms with Gasteiger partial charge in [0.05, 0.1) is 0 Å². The van der Waals surface area contributed by atoms with Crippen molar-refractivity contribution in [2.45, 2.75) is 26.8 Å². The van der Waals surface area contributed by atoms with Crippen LogP contribution in [0.4, 0.5) is 0 Å². The minimum Gasteiger partial charge on any atom is -0.313 e. The van der Waals surface area contributed by atoms with Crippen LogP contribution in [0.3, 0.4) is 0 Å². The van der Waals surface area contributed by atoms with Crippen LogP contribution in [0.15, 0.2) is 12.2 Å². The molecule has 0 aliphatic carbocycles. The Morgan fingerprint density at radius 3 is 2.30 bits per heavy atom. The Morgan fingerprint density at radius 1 is 1.50 bits per heavy atom. The summed E-state index contributed by atoms with van der Waals surface area (Å²) in [6.07, 6.45) is 0. The van der Waals surface area contributed by atoms with Crippen LogP contribution in [0.2, 0.25) is 0 Å². The molecule has 58 valence electrons. The van der Waals surface area contributed by atoms with E-state index in [-0.39, 0.29) is 0 Å². The molecule has 0 radical (unpaired) electrons. The second-order valence-corrected chi connectivity index (χ2v) is 3.51. The number of hydrogen-bond acceptors (Lipinski definition) is 1. The van der Waals surface area contributed by atoms with Crippen molar-refractivity contribution >= 4 is 0 Å². The van der Waals surface area contributed by atoms with E-state index in [1.54, 1.807) is 0 Å². The van der Waals surface area contributed by atoms with Gasteiger partial charge in [0, 0.05) is 12.6 Å². The molecule has 0 saturated carbocycles. The van der Waals surface area contributed by atoms with Crippen molar-refractivity contribution in [3.63, 3.8) is 0 Å². The maximum absolute atomic E-state index is 3.98. The molecule has 1 heterocycles. The molecule has 1 aliphatic heterocycles. The highest BCUT2D eigenvalue weighted by Gasteiger charge is 2.29.